The molecule has 0 aliphatic heterocycles. The number of hydrogen-bond acceptors (Lipinski definition) is 2. The van der Waals surface area contributed by atoms with E-state index in [1.165, 1.54) is 16.8 Å². The van der Waals surface area contributed by atoms with Crippen molar-refractivity contribution >= 4 is 15.9 Å². The highest BCUT2D eigenvalue weighted by molar-refractivity contribution is 9.10. The number of hydrogen-bond donors (Lipinski definition) is 1. The normalized spacial score (nSPS) is 12.7. The molecule has 3 nitrogen and oxygen atoms in total. The van der Waals surface area contributed by atoms with Gasteiger partial charge in [-0.2, -0.15) is 5.10 Å². The minimum Gasteiger partial charge on any atom is -0.313 e. The predicted molar refractivity (Wildman–Crippen MR) is 82.3 cm³/mol. The zero-order valence-electron chi connectivity index (χ0n) is 11.9. The molecule has 0 saturated carbocycles. The molecule has 0 aliphatic rings. The van der Waals surface area contributed by atoms with Crippen LogP contribution in [0.1, 0.15) is 28.6 Å². The van der Waals surface area contributed by atoms with Crippen LogP contribution in [0.4, 0.5) is 0 Å². The molecular formula is C15H20BrN3. The molecule has 0 radical (unpaired) electrons. The van der Waals surface area contributed by atoms with Crippen LogP contribution in [0.2, 0.25) is 0 Å². The Hall–Kier alpha value is -1.13. The summed E-state index contributed by atoms with van der Waals surface area (Å²) in [6.07, 6.45) is 0.916. The van der Waals surface area contributed by atoms with Crippen molar-refractivity contribution in [3.63, 3.8) is 0 Å². The first-order chi connectivity index (χ1) is 9.04. The van der Waals surface area contributed by atoms with E-state index in [4.69, 9.17) is 0 Å². The number of likely N-dealkylation sites (N-methyl/N-ethyl adjacent to an activating group) is 1. The first kappa shape index (κ1) is 14.3. The number of nitrogens with one attached hydrogen (secondary N) is 1. The molecule has 19 heavy (non-hydrogen) atoms. The van der Waals surface area contributed by atoms with E-state index in [1.807, 2.05) is 25.7 Å². The number of benzene rings is 1. The van der Waals surface area contributed by atoms with Crippen LogP contribution in [0.5, 0.6) is 0 Å². The van der Waals surface area contributed by atoms with Gasteiger partial charge in [-0.3, -0.25) is 4.68 Å². The summed E-state index contributed by atoms with van der Waals surface area (Å²) in [6, 6.07) is 8.82. The Bertz CT molecular complexity index is 575. The number of rotatable bonds is 4. The first-order valence-electron chi connectivity index (χ1n) is 6.45. The summed E-state index contributed by atoms with van der Waals surface area (Å²) in [6.45, 7) is 4.18. The van der Waals surface area contributed by atoms with Gasteiger partial charge in [-0.25, -0.2) is 0 Å². The third kappa shape index (κ3) is 2.90. The fourth-order valence-corrected chi connectivity index (χ4v) is 2.94. The molecule has 0 aliphatic carbocycles. The van der Waals surface area contributed by atoms with Crippen molar-refractivity contribution in [1.29, 1.82) is 0 Å². The van der Waals surface area contributed by atoms with E-state index in [-0.39, 0.29) is 0 Å². The molecule has 0 bridgehead atoms. The summed E-state index contributed by atoms with van der Waals surface area (Å²) in [5, 5.41) is 7.87. The monoisotopic (exact) mass is 321 g/mol. The van der Waals surface area contributed by atoms with Crippen LogP contribution < -0.4 is 5.32 Å². The fraction of sp³-hybridized carbons (Fsp3) is 0.400. The van der Waals surface area contributed by atoms with E-state index in [0.29, 0.717) is 6.04 Å². The molecule has 0 fully saturated rings. The summed E-state index contributed by atoms with van der Waals surface area (Å²) in [5.74, 6) is 0. The zero-order valence-corrected chi connectivity index (χ0v) is 13.5. The van der Waals surface area contributed by atoms with Gasteiger partial charge in [0.15, 0.2) is 0 Å². The fourth-order valence-electron chi connectivity index (χ4n) is 2.44. The molecule has 0 amide bonds. The van der Waals surface area contributed by atoms with Crippen LogP contribution in [0.15, 0.2) is 28.7 Å². The summed E-state index contributed by atoms with van der Waals surface area (Å²) in [4.78, 5) is 0. The molecule has 0 spiro atoms. The van der Waals surface area contributed by atoms with Crippen molar-refractivity contribution in [2.75, 3.05) is 7.05 Å². The van der Waals surface area contributed by atoms with Gasteiger partial charge in [0.25, 0.3) is 0 Å². The molecular weight excluding hydrogens is 302 g/mol. The van der Waals surface area contributed by atoms with Gasteiger partial charge in [0.2, 0.25) is 0 Å². The maximum Gasteiger partial charge on any atom is 0.0738 e. The first-order valence-corrected chi connectivity index (χ1v) is 7.24. The summed E-state index contributed by atoms with van der Waals surface area (Å²) in [5.41, 5.74) is 4.92. The van der Waals surface area contributed by atoms with Gasteiger partial charge in [0.05, 0.1) is 15.9 Å². The minimum absolute atomic E-state index is 0.298. The van der Waals surface area contributed by atoms with Crippen LogP contribution in [-0.4, -0.2) is 16.8 Å². The summed E-state index contributed by atoms with van der Waals surface area (Å²) < 4.78 is 3.08. The smallest absolute Gasteiger partial charge is 0.0738 e. The second-order valence-electron chi connectivity index (χ2n) is 4.87. The topological polar surface area (TPSA) is 29.9 Å². The Morgan fingerprint density at radius 2 is 2.00 bits per heavy atom. The Labute approximate surface area is 123 Å². The van der Waals surface area contributed by atoms with Crippen molar-refractivity contribution in [2.24, 2.45) is 7.05 Å². The van der Waals surface area contributed by atoms with Crippen LogP contribution in [0.3, 0.4) is 0 Å². The zero-order chi connectivity index (χ0) is 14.0. The molecule has 2 rings (SSSR count). The molecule has 1 atom stereocenters. The lowest BCUT2D eigenvalue weighted by atomic mass is 9.97. The molecule has 1 aromatic carbocycles. The molecule has 0 saturated heterocycles. The molecule has 2 aromatic rings. The second-order valence-corrected chi connectivity index (χ2v) is 5.66. The van der Waals surface area contributed by atoms with E-state index < -0.39 is 0 Å². The summed E-state index contributed by atoms with van der Waals surface area (Å²) >= 11 is 3.64. The van der Waals surface area contributed by atoms with Crippen molar-refractivity contribution < 1.29 is 0 Å². The van der Waals surface area contributed by atoms with Gasteiger partial charge in [-0.05, 0) is 48.0 Å². The maximum atomic E-state index is 4.46. The van der Waals surface area contributed by atoms with Crippen LogP contribution in [-0.2, 0) is 13.5 Å². The third-order valence-corrected chi connectivity index (χ3v) is 4.60. The Balaban J connectivity index is 2.32. The van der Waals surface area contributed by atoms with Gasteiger partial charge >= 0.3 is 0 Å². The van der Waals surface area contributed by atoms with E-state index in [9.17, 15) is 0 Å². The van der Waals surface area contributed by atoms with Crippen molar-refractivity contribution in [3.05, 3.63) is 51.3 Å². The molecule has 1 aromatic heterocycles. The van der Waals surface area contributed by atoms with Gasteiger partial charge in [-0.1, -0.05) is 24.3 Å². The SMILES string of the molecule is CNC(Cc1c(Br)c(C)nn1C)c1ccccc1C. The number of aryl methyl sites for hydroxylation is 3. The third-order valence-electron chi connectivity index (χ3n) is 3.57. The average Bonchev–Trinajstić information content (AvgIpc) is 2.63. The van der Waals surface area contributed by atoms with E-state index in [1.54, 1.807) is 0 Å². The number of halogens is 1. The molecule has 102 valence electrons. The Kier molecular flexibility index (Phi) is 4.42. The Morgan fingerprint density at radius 1 is 1.32 bits per heavy atom. The van der Waals surface area contributed by atoms with E-state index in [2.05, 4.69) is 57.5 Å². The lowest BCUT2D eigenvalue weighted by Crippen LogP contribution is -2.21. The highest BCUT2D eigenvalue weighted by Gasteiger charge is 2.18. The van der Waals surface area contributed by atoms with Gasteiger partial charge in [0.1, 0.15) is 0 Å². The highest BCUT2D eigenvalue weighted by atomic mass is 79.9. The van der Waals surface area contributed by atoms with E-state index >= 15 is 0 Å². The van der Waals surface area contributed by atoms with Crippen LogP contribution in [0, 0.1) is 13.8 Å². The molecule has 4 heteroatoms. The molecule has 1 N–H and O–H groups in total. The van der Waals surface area contributed by atoms with Gasteiger partial charge < -0.3 is 5.32 Å². The minimum atomic E-state index is 0.298. The van der Waals surface area contributed by atoms with Gasteiger partial charge in [0, 0.05) is 19.5 Å². The average molecular weight is 322 g/mol. The second kappa shape index (κ2) is 5.88. The molecule has 1 unspecified atom stereocenters. The van der Waals surface area contributed by atoms with Crippen molar-refractivity contribution in [2.45, 2.75) is 26.3 Å². The quantitative estimate of drug-likeness (QED) is 0.936. The highest BCUT2D eigenvalue weighted by Crippen LogP contribution is 2.27. The van der Waals surface area contributed by atoms with Crippen LogP contribution in [0.25, 0.3) is 0 Å². The van der Waals surface area contributed by atoms with Gasteiger partial charge in [-0.15, -0.1) is 0 Å². The largest absolute Gasteiger partial charge is 0.313 e. The predicted octanol–water partition coefficient (Wildman–Crippen LogP) is 3.30. The molecule has 1 heterocycles. The standard InChI is InChI=1S/C15H20BrN3/c1-10-7-5-6-8-12(10)13(17-3)9-14-15(16)11(2)18-19(14)4/h5-8,13,17H,9H2,1-4H3. The lowest BCUT2D eigenvalue weighted by Gasteiger charge is -2.19. The van der Waals surface area contributed by atoms with Crippen molar-refractivity contribution in [3.8, 4) is 0 Å². The number of aromatic nitrogens is 2. The van der Waals surface area contributed by atoms with Crippen molar-refractivity contribution in [1.82, 2.24) is 15.1 Å². The lowest BCUT2D eigenvalue weighted by molar-refractivity contribution is 0.558. The van der Waals surface area contributed by atoms with E-state index in [0.717, 1.165) is 16.6 Å². The number of nitrogens with zero attached hydrogens (tertiary/aromatic N) is 2. The van der Waals surface area contributed by atoms with Crippen LogP contribution >= 0.6 is 15.9 Å². The summed E-state index contributed by atoms with van der Waals surface area (Å²) in [7, 11) is 4.01. The maximum absolute atomic E-state index is 4.46. The Morgan fingerprint density at radius 3 is 2.53 bits per heavy atom.